The highest BCUT2D eigenvalue weighted by Crippen LogP contribution is 2.31. The van der Waals surface area contributed by atoms with E-state index in [1.54, 1.807) is 0 Å². The first kappa shape index (κ1) is 12.4. The molecular weight excluding hydrogens is 196 g/mol. The van der Waals surface area contributed by atoms with Crippen LogP contribution in [0.1, 0.15) is 40.0 Å². The maximum absolute atomic E-state index is 3.64. The third kappa shape index (κ3) is 3.21. The molecule has 0 aromatic heterocycles. The van der Waals surface area contributed by atoms with Crippen molar-refractivity contribution in [2.75, 3.05) is 26.2 Å². The molecule has 0 aromatic carbocycles. The molecule has 1 aliphatic heterocycles. The summed E-state index contributed by atoms with van der Waals surface area (Å²) in [5, 5.41) is 3.64. The summed E-state index contributed by atoms with van der Waals surface area (Å²) in [6, 6.07) is 0.715. The summed E-state index contributed by atoms with van der Waals surface area (Å²) in [6.07, 6.45) is 4.40. The van der Waals surface area contributed by atoms with Gasteiger partial charge >= 0.3 is 0 Å². The van der Waals surface area contributed by atoms with Crippen LogP contribution in [0.3, 0.4) is 0 Å². The Labute approximate surface area is 101 Å². The Morgan fingerprint density at radius 2 is 2.12 bits per heavy atom. The lowest BCUT2D eigenvalue weighted by atomic mass is 10.00. The Kier molecular flexibility index (Phi) is 4.26. The zero-order valence-electron chi connectivity index (χ0n) is 11.2. The summed E-state index contributed by atoms with van der Waals surface area (Å²) >= 11 is 0. The van der Waals surface area contributed by atoms with Crippen LogP contribution in [0.4, 0.5) is 0 Å². The molecule has 2 aliphatic rings. The largest absolute Gasteiger partial charge is 0.311 e. The van der Waals surface area contributed by atoms with Crippen LogP contribution < -0.4 is 5.32 Å². The van der Waals surface area contributed by atoms with Crippen LogP contribution in [0.5, 0.6) is 0 Å². The van der Waals surface area contributed by atoms with E-state index in [2.05, 4.69) is 31.0 Å². The van der Waals surface area contributed by atoms with Crippen LogP contribution in [-0.2, 0) is 0 Å². The number of hydrogen-bond acceptors (Lipinski definition) is 2. The molecule has 16 heavy (non-hydrogen) atoms. The quantitative estimate of drug-likeness (QED) is 0.791. The first-order valence-corrected chi connectivity index (χ1v) is 7.11. The minimum absolute atomic E-state index is 0.715. The summed E-state index contributed by atoms with van der Waals surface area (Å²) in [6.45, 7) is 12.1. The minimum Gasteiger partial charge on any atom is -0.311 e. The third-order valence-corrected chi connectivity index (χ3v) is 4.41. The Hall–Kier alpha value is -0.0800. The molecule has 2 heteroatoms. The van der Waals surface area contributed by atoms with Crippen molar-refractivity contribution >= 4 is 0 Å². The van der Waals surface area contributed by atoms with E-state index in [9.17, 15) is 0 Å². The van der Waals surface area contributed by atoms with Gasteiger partial charge in [-0.2, -0.15) is 0 Å². The summed E-state index contributed by atoms with van der Waals surface area (Å²) in [7, 11) is 0. The zero-order chi connectivity index (χ0) is 11.5. The van der Waals surface area contributed by atoms with Gasteiger partial charge in [-0.15, -0.1) is 0 Å². The van der Waals surface area contributed by atoms with Gasteiger partial charge in [0.25, 0.3) is 0 Å². The fraction of sp³-hybridized carbons (Fsp3) is 1.00. The van der Waals surface area contributed by atoms with Crippen LogP contribution in [-0.4, -0.2) is 37.1 Å². The number of nitrogens with one attached hydrogen (secondary N) is 1. The smallest absolute Gasteiger partial charge is 0.0218 e. The predicted octanol–water partition coefficient (Wildman–Crippen LogP) is 2.35. The normalized spacial score (nSPS) is 37.1. The van der Waals surface area contributed by atoms with E-state index in [1.165, 1.54) is 45.4 Å². The maximum Gasteiger partial charge on any atom is 0.0218 e. The SMILES string of the molecule is CC1CCC(CN2CCNC(C(C)C)C2)C1. The fourth-order valence-electron chi connectivity index (χ4n) is 3.31. The molecule has 1 saturated heterocycles. The molecule has 0 spiro atoms. The highest BCUT2D eigenvalue weighted by molar-refractivity contribution is 4.83. The van der Waals surface area contributed by atoms with Gasteiger partial charge < -0.3 is 10.2 Å². The van der Waals surface area contributed by atoms with Gasteiger partial charge in [0.1, 0.15) is 0 Å². The Morgan fingerprint density at radius 3 is 2.75 bits per heavy atom. The molecule has 0 radical (unpaired) electrons. The molecule has 3 atom stereocenters. The zero-order valence-corrected chi connectivity index (χ0v) is 11.2. The summed E-state index contributed by atoms with van der Waals surface area (Å²) in [5.74, 6) is 2.74. The molecule has 2 rings (SSSR count). The number of rotatable bonds is 3. The Morgan fingerprint density at radius 1 is 1.31 bits per heavy atom. The van der Waals surface area contributed by atoms with Gasteiger partial charge in [-0.3, -0.25) is 0 Å². The van der Waals surface area contributed by atoms with E-state index in [-0.39, 0.29) is 0 Å². The van der Waals surface area contributed by atoms with Crippen molar-refractivity contribution in [2.24, 2.45) is 17.8 Å². The maximum atomic E-state index is 3.64. The van der Waals surface area contributed by atoms with Crippen molar-refractivity contribution in [2.45, 2.75) is 46.1 Å². The molecule has 0 amide bonds. The van der Waals surface area contributed by atoms with Gasteiger partial charge in [0.15, 0.2) is 0 Å². The molecular formula is C14H28N2. The van der Waals surface area contributed by atoms with E-state index < -0.39 is 0 Å². The average Bonchev–Trinajstić information content (AvgIpc) is 2.64. The van der Waals surface area contributed by atoms with Gasteiger partial charge in [-0.25, -0.2) is 0 Å². The van der Waals surface area contributed by atoms with Crippen LogP contribution in [0, 0.1) is 17.8 Å². The molecule has 2 fully saturated rings. The second-order valence-corrected chi connectivity index (χ2v) is 6.35. The van der Waals surface area contributed by atoms with Crippen molar-refractivity contribution in [3.63, 3.8) is 0 Å². The van der Waals surface area contributed by atoms with Crippen LogP contribution in [0.25, 0.3) is 0 Å². The monoisotopic (exact) mass is 224 g/mol. The van der Waals surface area contributed by atoms with E-state index in [0.29, 0.717) is 6.04 Å². The molecule has 94 valence electrons. The van der Waals surface area contributed by atoms with Crippen LogP contribution >= 0.6 is 0 Å². The van der Waals surface area contributed by atoms with Crippen molar-refractivity contribution in [1.29, 1.82) is 0 Å². The highest BCUT2D eigenvalue weighted by atomic mass is 15.2. The summed E-state index contributed by atoms with van der Waals surface area (Å²) in [5.41, 5.74) is 0. The number of piperazine rings is 1. The van der Waals surface area contributed by atoms with Crippen molar-refractivity contribution in [1.82, 2.24) is 10.2 Å². The molecule has 1 N–H and O–H groups in total. The van der Waals surface area contributed by atoms with Gasteiger partial charge in [-0.1, -0.05) is 27.2 Å². The molecule has 1 heterocycles. The van der Waals surface area contributed by atoms with E-state index in [0.717, 1.165) is 17.8 Å². The lowest BCUT2D eigenvalue weighted by Crippen LogP contribution is -2.53. The number of nitrogens with zero attached hydrogens (tertiary/aromatic N) is 1. The molecule has 0 aromatic rings. The summed E-state index contributed by atoms with van der Waals surface area (Å²) in [4.78, 5) is 2.70. The Balaban J connectivity index is 1.77. The van der Waals surface area contributed by atoms with E-state index in [1.807, 2.05) is 0 Å². The van der Waals surface area contributed by atoms with Gasteiger partial charge in [0, 0.05) is 32.2 Å². The molecule has 0 bridgehead atoms. The van der Waals surface area contributed by atoms with E-state index in [4.69, 9.17) is 0 Å². The molecule has 1 saturated carbocycles. The second kappa shape index (κ2) is 5.50. The molecule has 3 unspecified atom stereocenters. The lowest BCUT2D eigenvalue weighted by molar-refractivity contribution is 0.153. The first-order valence-electron chi connectivity index (χ1n) is 7.11. The molecule has 1 aliphatic carbocycles. The standard InChI is InChI=1S/C14H28N2/c1-11(2)14-10-16(7-6-15-14)9-13-5-4-12(3)8-13/h11-15H,4-10H2,1-3H3. The first-order chi connectivity index (χ1) is 7.65. The van der Waals surface area contributed by atoms with Gasteiger partial charge in [-0.05, 0) is 30.6 Å². The molecule has 2 nitrogen and oxygen atoms in total. The number of hydrogen-bond donors (Lipinski definition) is 1. The Bertz CT molecular complexity index is 215. The predicted molar refractivity (Wildman–Crippen MR) is 69.6 cm³/mol. The topological polar surface area (TPSA) is 15.3 Å². The average molecular weight is 224 g/mol. The van der Waals surface area contributed by atoms with E-state index >= 15 is 0 Å². The lowest BCUT2D eigenvalue weighted by Gasteiger charge is -2.37. The van der Waals surface area contributed by atoms with Crippen molar-refractivity contribution < 1.29 is 0 Å². The van der Waals surface area contributed by atoms with Gasteiger partial charge in [0.2, 0.25) is 0 Å². The fourth-order valence-corrected chi connectivity index (χ4v) is 3.31. The second-order valence-electron chi connectivity index (χ2n) is 6.35. The third-order valence-electron chi connectivity index (χ3n) is 4.41. The highest BCUT2D eigenvalue weighted by Gasteiger charge is 2.27. The minimum atomic E-state index is 0.715. The van der Waals surface area contributed by atoms with Crippen molar-refractivity contribution in [3.8, 4) is 0 Å². The van der Waals surface area contributed by atoms with Crippen molar-refractivity contribution in [3.05, 3.63) is 0 Å². The van der Waals surface area contributed by atoms with Gasteiger partial charge in [0.05, 0.1) is 0 Å². The summed E-state index contributed by atoms with van der Waals surface area (Å²) < 4.78 is 0. The van der Waals surface area contributed by atoms with Crippen LogP contribution in [0.2, 0.25) is 0 Å². The van der Waals surface area contributed by atoms with Crippen LogP contribution in [0.15, 0.2) is 0 Å².